The number of benzene rings is 3. The minimum absolute atomic E-state index is 0.0166. The van der Waals surface area contributed by atoms with Crippen LogP contribution in [0.3, 0.4) is 0 Å². The van der Waals surface area contributed by atoms with Crippen molar-refractivity contribution in [2.24, 2.45) is 0 Å². The topological polar surface area (TPSA) is 86.8 Å². The molecule has 1 atom stereocenters. The molecule has 0 fully saturated rings. The van der Waals surface area contributed by atoms with Gasteiger partial charge >= 0.3 is 0 Å². The number of anilines is 1. The van der Waals surface area contributed by atoms with Crippen LogP contribution in [0.5, 0.6) is 0 Å². The van der Waals surface area contributed by atoms with Crippen molar-refractivity contribution >= 4 is 50.7 Å². The summed E-state index contributed by atoms with van der Waals surface area (Å²) in [4.78, 5) is 28.6. The van der Waals surface area contributed by atoms with Crippen molar-refractivity contribution in [3.05, 3.63) is 93.7 Å². The van der Waals surface area contributed by atoms with Crippen LogP contribution in [-0.2, 0) is 26.2 Å². The van der Waals surface area contributed by atoms with Gasteiger partial charge in [-0.2, -0.15) is 0 Å². The second kappa shape index (κ2) is 14.7. The van der Waals surface area contributed by atoms with E-state index in [-0.39, 0.29) is 34.5 Å². The fourth-order valence-electron chi connectivity index (χ4n) is 4.23. The molecule has 41 heavy (non-hydrogen) atoms. The number of hydrogen-bond donors (Lipinski definition) is 1. The lowest BCUT2D eigenvalue weighted by Crippen LogP contribution is -2.52. The molecular formula is C30H34Cl2FN3O4S. The zero-order valence-corrected chi connectivity index (χ0v) is 25.6. The summed E-state index contributed by atoms with van der Waals surface area (Å²) in [5.74, 6) is -1.51. The lowest BCUT2D eigenvalue weighted by molar-refractivity contribution is -0.140. The van der Waals surface area contributed by atoms with Gasteiger partial charge in [-0.1, -0.05) is 67.2 Å². The number of nitrogens with zero attached hydrogens (tertiary/aromatic N) is 2. The van der Waals surface area contributed by atoms with E-state index >= 15 is 0 Å². The van der Waals surface area contributed by atoms with Gasteiger partial charge in [-0.3, -0.25) is 13.9 Å². The molecular weight excluding hydrogens is 588 g/mol. The molecule has 0 saturated carbocycles. The summed E-state index contributed by atoms with van der Waals surface area (Å²) in [5, 5.41) is 3.50. The molecule has 3 rings (SSSR count). The third kappa shape index (κ3) is 8.44. The first kappa shape index (κ1) is 32.4. The molecule has 0 aromatic heterocycles. The Hall–Kier alpha value is -3.14. The highest BCUT2D eigenvalue weighted by atomic mass is 35.5. The van der Waals surface area contributed by atoms with E-state index in [1.807, 2.05) is 13.8 Å². The van der Waals surface area contributed by atoms with E-state index in [9.17, 15) is 22.4 Å². The van der Waals surface area contributed by atoms with Crippen LogP contribution in [0.2, 0.25) is 10.0 Å². The quantitative estimate of drug-likeness (QED) is 0.225. The van der Waals surface area contributed by atoms with Crippen molar-refractivity contribution in [1.82, 2.24) is 10.2 Å². The molecule has 0 saturated heterocycles. The summed E-state index contributed by atoms with van der Waals surface area (Å²) in [6.45, 7) is 5.42. The van der Waals surface area contributed by atoms with Crippen LogP contribution >= 0.6 is 23.2 Å². The highest BCUT2D eigenvalue weighted by molar-refractivity contribution is 7.92. The van der Waals surface area contributed by atoms with Gasteiger partial charge in [0.25, 0.3) is 10.0 Å². The molecule has 1 unspecified atom stereocenters. The molecule has 0 radical (unpaired) electrons. The summed E-state index contributed by atoms with van der Waals surface area (Å²) in [6, 6.07) is 15.1. The molecule has 0 bridgehead atoms. The smallest absolute Gasteiger partial charge is 0.264 e. The maximum absolute atomic E-state index is 14.0. The monoisotopic (exact) mass is 621 g/mol. The van der Waals surface area contributed by atoms with Crippen molar-refractivity contribution in [2.45, 2.75) is 57.5 Å². The van der Waals surface area contributed by atoms with Crippen molar-refractivity contribution in [3.8, 4) is 0 Å². The second-order valence-electron chi connectivity index (χ2n) is 9.64. The average Bonchev–Trinajstić information content (AvgIpc) is 2.94. The first-order chi connectivity index (χ1) is 19.5. The number of sulfonamides is 1. The Morgan fingerprint density at radius 3 is 2.20 bits per heavy atom. The third-order valence-corrected chi connectivity index (χ3v) is 9.08. The van der Waals surface area contributed by atoms with Gasteiger partial charge < -0.3 is 10.2 Å². The first-order valence-corrected chi connectivity index (χ1v) is 15.5. The van der Waals surface area contributed by atoms with Crippen LogP contribution in [0.1, 0.15) is 44.2 Å². The van der Waals surface area contributed by atoms with E-state index in [0.717, 1.165) is 34.8 Å². The number of amides is 2. The lowest BCUT2D eigenvalue weighted by atomic mass is 10.1. The average molecular weight is 623 g/mol. The normalized spacial score (nSPS) is 12.0. The maximum atomic E-state index is 14.0. The maximum Gasteiger partial charge on any atom is 0.264 e. The van der Waals surface area contributed by atoms with Gasteiger partial charge in [0.2, 0.25) is 11.8 Å². The van der Waals surface area contributed by atoms with E-state index in [1.54, 1.807) is 37.3 Å². The first-order valence-electron chi connectivity index (χ1n) is 13.3. The number of carbonyl (C=O) groups excluding carboxylic acids is 2. The molecule has 7 nitrogen and oxygen atoms in total. The Bertz CT molecular complexity index is 1450. The van der Waals surface area contributed by atoms with Crippen LogP contribution in [0.15, 0.2) is 71.6 Å². The number of nitrogens with one attached hydrogen (secondary N) is 1. The summed E-state index contributed by atoms with van der Waals surface area (Å²) in [6.07, 6.45) is 1.94. The van der Waals surface area contributed by atoms with Crippen LogP contribution in [0.4, 0.5) is 10.1 Å². The predicted molar refractivity (Wildman–Crippen MR) is 161 cm³/mol. The van der Waals surface area contributed by atoms with Crippen molar-refractivity contribution in [2.75, 3.05) is 17.4 Å². The zero-order valence-electron chi connectivity index (χ0n) is 23.2. The largest absolute Gasteiger partial charge is 0.354 e. The number of aryl methyl sites for hydroxylation is 1. The molecule has 0 aliphatic carbocycles. The summed E-state index contributed by atoms with van der Waals surface area (Å²) < 4.78 is 42.4. The summed E-state index contributed by atoms with van der Waals surface area (Å²) >= 11 is 12.3. The van der Waals surface area contributed by atoms with E-state index < -0.39 is 34.3 Å². The van der Waals surface area contributed by atoms with Crippen molar-refractivity contribution in [3.63, 3.8) is 0 Å². The minimum Gasteiger partial charge on any atom is -0.354 e. The van der Waals surface area contributed by atoms with Gasteiger partial charge in [-0.05, 0) is 73.9 Å². The predicted octanol–water partition coefficient (Wildman–Crippen LogP) is 6.36. The van der Waals surface area contributed by atoms with Crippen LogP contribution < -0.4 is 9.62 Å². The molecule has 220 valence electrons. The van der Waals surface area contributed by atoms with Gasteiger partial charge in [0.1, 0.15) is 18.4 Å². The molecule has 3 aromatic carbocycles. The van der Waals surface area contributed by atoms with Crippen LogP contribution in [0.25, 0.3) is 0 Å². The minimum atomic E-state index is -4.24. The molecule has 0 aliphatic heterocycles. The van der Waals surface area contributed by atoms with Gasteiger partial charge in [0.05, 0.1) is 20.6 Å². The Morgan fingerprint density at radius 1 is 0.951 bits per heavy atom. The van der Waals surface area contributed by atoms with Gasteiger partial charge in [-0.15, -0.1) is 0 Å². The van der Waals surface area contributed by atoms with E-state index in [0.29, 0.717) is 17.1 Å². The van der Waals surface area contributed by atoms with E-state index in [4.69, 9.17) is 23.2 Å². The number of hydrogen-bond acceptors (Lipinski definition) is 4. The van der Waals surface area contributed by atoms with Crippen LogP contribution in [0, 0.1) is 12.7 Å². The molecule has 0 spiro atoms. The Balaban J connectivity index is 2.04. The Kier molecular flexibility index (Phi) is 11.6. The SMILES string of the molecule is CCCCNC(=O)C(CC)N(Cc1ccc(Cl)c(Cl)c1)C(=O)CN(c1ccc(F)cc1)S(=O)(=O)c1ccc(C)cc1. The fraction of sp³-hybridized carbons (Fsp3) is 0.333. The second-order valence-corrected chi connectivity index (χ2v) is 12.3. The molecule has 11 heteroatoms. The standard InChI is InChI=1S/C30H34Cl2FN3O4S/c1-4-6-17-34-30(38)28(5-2)35(19-22-9-16-26(31)27(32)18-22)29(37)20-36(24-12-10-23(33)11-13-24)41(39,40)25-14-7-21(3)8-15-25/h7-16,18,28H,4-6,17,19-20H2,1-3H3,(H,34,38). The molecule has 3 aromatic rings. The summed E-state index contributed by atoms with van der Waals surface area (Å²) in [5.41, 5.74) is 1.58. The van der Waals surface area contributed by atoms with Crippen molar-refractivity contribution < 1.29 is 22.4 Å². The highest BCUT2D eigenvalue weighted by Crippen LogP contribution is 2.27. The number of rotatable bonds is 13. The van der Waals surface area contributed by atoms with Crippen molar-refractivity contribution in [1.29, 1.82) is 0 Å². The number of unbranched alkanes of at least 4 members (excludes halogenated alkanes) is 1. The molecule has 0 aliphatic rings. The van der Waals surface area contributed by atoms with E-state index in [1.165, 1.54) is 29.2 Å². The fourth-order valence-corrected chi connectivity index (χ4v) is 5.97. The molecule has 0 heterocycles. The Morgan fingerprint density at radius 2 is 1.61 bits per heavy atom. The lowest BCUT2D eigenvalue weighted by Gasteiger charge is -2.33. The van der Waals surface area contributed by atoms with Crippen LogP contribution in [-0.4, -0.2) is 44.3 Å². The number of carbonyl (C=O) groups is 2. The van der Waals surface area contributed by atoms with Gasteiger partial charge in [0.15, 0.2) is 0 Å². The molecule has 1 N–H and O–H groups in total. The Labute approximate surface area is 251 Å². The van der Waals surface area contributed by atoms with E-state index in [2.05, 4.69) is 5.32 Å². The highest BCUT2D eigenvalue weighted by Gasteiger charge is 2.33. The zero-order chi connectivity index (χ0) is 30.2. The summed E-state index contributed by atoms with van der Waals surface area (Å²) in [7, 11) is -4.24. The third-order valence-electron chi connectivity index (χ3n) is 6.55. The number of halogens is 3. The van der Waals surface area contributed by atoms with Gasteiger partial charge in [-0.25, -0.2) is 12.8 Å². The molecule has 2 amide bonds. The van der Waals surface area contributed by atoms with Gasteiger partial charge in [0, 0.05) is 13.1 Å².